The van der Waals surface area contributed by atoms with Crippen molar-refractivity contribution in [3.05, 3.63) is 74.5 Å². The second-order valence-electron chi connectivity index (χ2n) is 5.24. The Morgan fingerprint density at radius 1 is 1.16 bits per heavy atom. The Morgan fingerprint density at radius 2 is 1.88 bits per heavy atom. The zero-order chi connectivity index (χ0) is 18.0. The van der Waals surface area contributed by atoms with E-state index in [4.69, 9.17) is 9.57 Å². The fourth-order valence-corrected chi connectivity index (χ4v) is 2.84. The summed E-state index contributed by atoms with van der Waals surface area (Å²) in [6.45, 7) is 0.0500. The Balaban J connectivity index is 2.17. The van der Waals surface area contributed by atoms with Gasteiger partial charge in [0.25, 0.3) is 5.56 Å². The zero-order valence-electron chi connectivity index (χ0n) is 13.2. The molecule has 25 heavy (non-hydrogen) atoms. The molecule has 1 heterocycles. The maximum absolute atomic E-state index is 12.7. The molecule has 0 aliphatic carbocycles. The number of carbonyl (C=O) groups is 1. The van der Waals surface area contributed by atoms with Crippen molar-refractivity contribution >= 4 is 32.7 Å². The number of aromatic nitrogens is 1. The van der Waals surface area contributed by atoms with Crippen molar-refractivity contribution in [3.63, 3.8) is 0 Å². The van der Waals surface area contributed by atoms with Gasteiger partial charge in [0.15, 0.2) is 0 Å². The first kappa shape index (κ1) is 17.0. The van der Waals surface area contributed by atoms with E-state index in [0.717, 1.165) is 5.56 Å². The van der Waals surface area contributed by atoms with Crippen molar-refractivity contribution < 1.29 is 19.5 Å². The number of pyridine rings is 1. The van der Waals surface area contributed by atoms with Gasteiger partial charge in [0, 0.05) is 9.86 Å². The van der Waals surface area contributed by atoms with Crippen LogP contribution in [0, 0.1) is 0 Å². The number of halogens is 1. The Labute approximate surface area is 151 Å². The smallest absolute Gasteiger partial charge is 0.344 e. The number of hydrogen-bond acceptors (Lipinski definition) is 5. The number of methoxy groups -OCH3 is 1. The Morgan fingerprint density at radius 3 is 2.56 bits per heavy atom. The molecule has 3 rings (SSSR count). The lowest BCUT2D eigenvalue weighted by Crippen LogP contribution is -2.28. The van der Waals surface area contributed by atoms with Crippen LogP contribution in [0.2, 0.25) is 0 Å². The van der Waals surface area contributed by atoms with Crippen LogP contribution in [0.25, 0.3) is 10.8 Å². The lowest BCUT2D eigenvalue weighted by atomic mass is 10.1. The summed E-state index contributed by atoms with van der Waals surface area (Å²) in [7, 11) is 1.20. The third-order valence-corrected chi connectivity index (χ3v) is 4.17. The minimum absolute atomic E-state index is 0.0500. The molecule has 0 atom stereocenters. The number of carbonyl (C=O) groups excluding carboxylic acids is 1. The van der Waals surface area contributed by atoms with Crippen LogP contribution in [-0.2, 0) is 11.3 Å². The average molecular weight is 404 g/mol. The van der Waals surface area contributed by atoms with E-state index in [-0.39, 0.29) is 22.9 Å². The van der Waals surface area contributed by atoms with Crippen LogP contribution in [0.1, 0.15) is 15.9 Å². The molecular weight excluding hydrogens is 390 g/mol. The molecule has 3 aromatic rings. The average Bonchev–Trinajstić information content (AvgIpc) is 2.63. The highest BCUT2D eigenvalue weighted by Crippen LogP contribution is 2.27. The molecule has 0 bridgehead atoms. The van der Waals surface area contributed by atoms with Crippen molar-refractivity contribution in [1.82, 2.24) is 4.73 Å². The minimum atomic E-state index is -0.762. The van der Waals surface area contributed by atoms with Gasteiger partial charge in [-0.2, -0.15) is 0 Å². The molecule has 0 fully saturated rings. The van der Waals surface area contributed by atoms with Crippen LogP contribution in [0.5, 0.6) is 5.88 Å². The Bertz CT molecular complexity index is 998. The summed E-state index contributed by atoms with van der Waals surface area (Å²) >= 11 is 3.30. The summed E-state index contributed by atoms with van der Waals surface area (Å²) in [6, 6.07) is 14.0. The second kappa shape index (κ2) is 6.98. The highest BCUT2D eigenvalue weighted by Gasteiger charge is 2.23. The standard InChI is InChI=1S/C18H14BrNO5/c1-24-18(23)15-13-8-7-12(19)9-14(13)16(21)20(17(15)22)25-10-11-5-3-2-4-6-11/h2-9,22H,10H2,1H3. The number of nitrogens with zero attached hydrogens (tertiary/aromatic N) is 1. The summed E-state index contributed by atoms with van der Waals surface area (Å²) in [6.07, 6.45) is 0. The molecule has 0 spiro atoms. The van der Waals surface area contributed by atoms with Crippen LogP contribution in [0.15, 0.2) is 57.8 Å². The number of ether oxygens (including phenoxy) is 1. The fourth-order valence-electron chi connectivity index (χ4n) is 2.48. The van der Waals surface area contributed by atoms with E-state index in [1.807, 2.05) is 30.3 Å². The van der Waals surface area contributed by atoms with Gasteiger partial charge >= 0.3 is 5.97 Å². The third kappa shape index (κ3) is 3.23. The van der Waals surface area contributed by atoms with Crippen LogP contribution < -0.4 is 10.4 Å². The van der Waals surface area contributed by atoms with Gasteiger partial charge < -0.3 is 14.7 Å². The van der Waals surface area contributed by atoms with Gasteiger partial charge in [-0.05, 0) is 17.7 Å². The first-order chi connectivity index (χ1) is 12.0. The summed E-state index contributed by atoms with van der Waals surface area (Å²) in [5.41, 5.74) is 0.109. The summed E-state index contributed by atoms with van der Waals surface area (Å²) in [5.74, 6) is -1.36. The predicted octanol–water partition coefficient (Wildman–Crippen LogP) is 2.89. The second-order valence-corrected chi connectivity index (χ2v) is 6.15. The first-order valence-electron chi connectivity index (χ1n) is 7.35. The SMILES string of the molecule is COC(=O)c1c(O)n(OCc2ccccc2)c(=O)c2cc(Br)ccc12. The van der Waals surface area contributed by atoms with E-state index in [1.165, 1.54) is 7.11 Å². The van der Waals surface area contributed by atoms with Crippen LogP contribution in [0.4, 0.5) is 0 Å². The number of fused-ring (bicyclic) bond motifs is 1. The number of esters is 1. The molecule has 0 amide bonds. The van der Waals surface area contributed by atoms with Crippen LogP contribution in [0.3, 0.4) is 0 Å². The number of aromatic hydroxyl groups is 1. The lowest BCUT2D eigenvalue weighted by molar-refractivity contribution is 0.0553. The number of rotatable bonds is 4. The predicted molar refractivity (Wildman–Crippen MR) is 95.6 cm³/mol. The van der Waals surface area contributed by atoms with Gasteiger partial charge in [-0.15, -0.1) is 4.73 Å². The molecule has 0 unspecified atom stereocenters. The van der Waals surface area contributed by atoms with Gasteiger partial charge in [0.2, 0.25) is 5.88 Å². The van der Waals surface area contributed by atoms with E-state index < -0.39 is 17.4 Å². The first-order valence-corrected chi connectivity index (χ1v) is 8.15. The molecule has 128 valence electrons. The molecule has 2 aromatic carbocycles. The maximum atomic E-state index is 12.7. The van der Waals surface area contributed by atoms with Gasteiger partial charge in [0.1, 0.15) is 12.2 Å². The normalized spacial score (nSPS) is 10.6. The molecule has 6 nitrogen and oxygen atoms in total. The fraction of sp³-hybridized carbons (Fsp3) is 0.111. The zero-order valence-corrected chi connectivity index (χ0v) is 14.8. The van der Waals surface area contributed by atoms with E-state index in [9.17, 15) is 14.7 Å². The van der Waals surface area contributed by atoms with Crippen molar-refractivity contribution in [2.45, 2.75) is 6.61 Å². The van der Waals surface area contributed by atoms with Gasteiger partial charge in [-0.3, -0.25) is 4.79 Å². The molecular formula is C18H14BrNO5. The summed E-state index contributed by atoms with van der Waals surface area (Å²) in [5, 5.41) is 11.0. The molecule has 0 saturated carbocycles. The highest BCUT2D eigenvalue weighted by molar-refractivity contribution is 9.10. The monoisotopic (exact) mass is 403 g/mol. The largest absolute Gasteiger partial charge is 0.492 e. The van der Waals surface area contributed by atoms with E-state index in [2.05, 4.69) is 15.9 Å². The van der Waals surface area contributed by atoms with E-state index >= 15 is 0 Å². The van der Waals surface area contributed by atoms with Crippen LogP contribution >= 0.6 is 15.9 Å². The molecule has 0 aliphatic heterocycles. The molecule has 1 N–H and O–H groups in total. The van der Waals surface area contributed by atoms with Crippen molar-refractivity contribution in [2.75, 3.05) is 7.11 Å². The van der Waals surface area contributed by atoms with Gasteiger partial charge in [-0.1, -0.05) is 52.3 Å². The Kier molecular flexibility index (Phi) is 4.76. The molecule has 1 aromatic heterocycles. The van der Waals surface area contributed by atoms with Crippen molar-refractivity contribution in [1.29, 1.82) is 0 Å². The highest BCUT2D eigenvalue weighted by atomic mass is 79.9. The molecule has 0 saturated heterocycles. The van der Waals surface area contributed by atoms with Gasteiger partial charge in [0.05, 0.1) is 12.5 Å². The summed E-state index contributed by atoms with van der Waals surface area (Å²) in [4.78, 5) is 30.3. The third-order valence-electron chi connectivity index (χ3n) is 3.67. The quantitative estimate of drug-likeness (QED) is 0.677. The number of benzene rings is 2. The minimum Gasteiger partial charge on any atom is -0.492 e. The molecule has 0 radical (unpaired) electrons. The molecule has 7 heteroatoms. The van der Waals surface area contributed by atoms with Gasteiger partial charge in [-0.25, -0.2) is 4.79 Å². The topological polar surface area (TPSA) is 77.8 Å². The van der Waals surface area contributed by atoms with Crippen LogP contribution in [-0.4, -0.2) is 22.9 Å². The Hall–Kier alpha value is -2.80. The van der Waals surface area contributed by atoms with E-state index in [0.29, 0.717) is 9.20 Å². The van der Waals surface area contributed by atoms with Crippen molar-refractivity contribution in [2.24, 2.45) is 0 Å². The lowest BCUT2D eigenvalue weighted by Gasteiger charge is -2.15. The maximum Gasteiger partial charge on any atom is 0.344 e. The molecule has 0 aliphatic rings. The number of hydrogen-bond donors (Lipinski definition) is 1. The van der Waals surface area contributed by atoms with E-state index in [1.54, 1.807) is 18.2 Å². The van der Waals surface area contributed by atoms with Crippen molar-refractivity contribution in [3.8, 4) is 5.88 Å². The summed E-state index contributed by atoms with van der Waals surface area (Å²) < 4.78 is 6.11.